The van der Waals surface area contributed by atoms with E-state index in [1.54, 1.807) is 25.1 Å². The molecule has 2 N–H and O–H groups in total. The zero-order valence-electron chi connectivity index (χ0n) is 14.2. The topological polar surface area (TPSA) is 75.6 Å². The van der Waals surface area contributed by atoms with E-state index in [1.165, 1.54) is 13.2 Å². The van der Waals surface area contributed by atoms with E-state index in [9.17, 15) is 14.7 Å². The first-order valence-corrected chi connectivity index (χ1v) is 8.62. The molecule has 0 heterocycles. The summed E-state index contributed by atoms with van der Waals surface area (Å²) in [6.07, 6.45) is 0. The standard InChI is InChI=1S/C20H16BrNO4/c1-11-13(20(24)25)8-5-9-16(11)22-19(23)15-10-12-6-3-4-7-14(12)17(21)18(15)26-2/h3-10H,1-2H3,(H,22,23)(H,24,25). The smallest absolute Gasteiger partial charge is 0.336 e. The molecular formula is C20H16BrNO4. The fourth-order valence-corrected chi connectivity index (χ4v) is 3.58. The zero-order valence-corrected chi connectivity index (χ0v) is 15.8. The molecule has 132 valence electrons. The Hall–Kier alpha value is -2.86. The lowest BCUT2D eigenvalue weighted by Crippen LogP contribution is -2.15. The van der Waals surface area contributed by atoms with Gasteiger partial charge in [-0.15, -0.1) is 0 Å². The highest BCUT2D eigenvalue weighted by molar-refractivity contribution is 9.10. The molecule has 3 aromatic carbocycles. The first kappa shape index (κ1) is 17.9. The Balaban J connectivity index is 2.06. The molecule has 0 bridgehead atoms. The fourth-order valence-electron chi connectivity index (χ4n) is 2.84. The zero-order chi connectivity index (χ0) is 18.8. The number of nitrogens with one attached hydrogen (secondary N) is 1. The van der Waals surface area contributed by atoms with E-state index in [4.69, 9.17) is 4.74 Å². The number of hydrogen-bond acceptors (Lipinski definition) is 3. The van der Waals surface area contributed by atoms with Crippen molar-refractivity contribution in [1.82, 2.24) is 0 Å². The minimum atomic E-state index is -1.04. The van der Waals surface area contributed by atoms with Crippen LogP contribution in [0.5, 0.6) is 5.75 Å². The Morgan fingerprint density at radius 2 is 1.81 bits per heavy atom. The van der Waals surface area contributed by atoms with Crippen LogP contribution in [-0.2, 0) is 0 Å². The number of ether oxygens (including phenoxy) is 1. The van der Waals surface area contributed by atoms with E-state index in [0.29, 0.717) is 27.0 Å². The van der Waals surface area contributed by atoms with Gasteiger partial charge in [0.1, 0.15) is 5.75 Å². The van der Waals surface area contributed by atoms with Crippen molar-refractivity contribution in [2.45, 2.75) is 6.92 Å². The van der Waals surface area contributed by atoms with Gasteiger partial charge in [-0.25, -0.2) is 4.79 Å². The molecule has 0 aliphatic carbocycles. The molecule has 3 aromatic rings. The predicted octanol–water partition coefficient (Wildman–Crippen LogP) is 4.87. The number of carboxylic acid groups (broad SMARTS) is 1. The summed E-state index contributed by atoms with van der Waals surface area (Å²) >= 11 is 3.51. The third-order valence-corrected chi connectivity index (χ3v) is 4.99. The Morgan fingerprint density at radius 1 is 1.08 bits per heavy atom. The average Bonchev–Trinajstić information content (AvgIpc) is 2.63. The van der Waals surface area contributed by atoms with Gasteiger partial charge in [0.15, 0.2) is 0 Å². The second-order valence-corrected chi connectivity index (χ2v) is 6.52. The van der Waals surface area contributed by atoms with E-state index in [1.807, 2.05) is 24.3 Å². The molecule has 26 heavy (non-hydrogen) atoms. The maximum Gasteiger partial charge on any atom is 0.336 e. The van der Waals surface area contributed by atoms with Crippen molar-refractivity contribution in [3.63, 3.8) is 0 Å². The summed E-state index contributed by atoms with van der Waals surface area (Å²) in [6.45, 7) is 1.66. The van der Waals surface area contributed by atoms with E-state index in [2.05, 4.69) is 21.2 Å². The van der Waals surface area contributed by atoms with Crippen molar-refractivity contribution < 1.29 is 19.4 Å². The van der Waals surface area contributed by atoms with Gasteiger partial charge in [-0.1, -0.05) is 30.3 Å². The highest BCUT2D eigenvalue weighted by atomic mass is 79.9. The summed E-state index contributed by atoms with van der Waals surface area (Å²) in [7, 11) is 1.50. The Labute approximate surface area is 158 Å². The third kappa shape index (κ3) is 3.15. The summed E-state index contributed by atoms with van der Waals surface area (Å²) in [4.78, 5) is 24.1. The number of rotatable bonds is 4. The summed E-state index contributed by atoms with van der Waals surface area (Å²) in [6, 6.07) is 14.2. The highest BCUT2D eigenvalue weighted by Gasteiger charge is 2.19. The van der Waals surface area contributed by atoms with Gasteiger partial charge in [0, 0.05) is 5.69 Å². The fraction of sp³-hybridized carbons (Fsp3) is 0.100. The molecule has 1 amide bonds. The van der Waals surface area contributed by atoms with Crippen molar-refractivity contribution in [1.29, 1.82) is 0 Å². The Kier molecular flexibility index (Phi) is 4.95. The van der Waals surface area contributed by atoms with Crippen molar-refractivity contribution in [2.75, 3.05) is 12.4 Å². The number of benzene rings is 3. The van der Waals surface area contributed by atoms with Crippen LogP contribution >= 0.6 is 15.9 Å². The Bertz CT molecular complexity index is 1030. The molecule has 0 aromatic heterocycles. The minimum Gasteiger partial charge on any atom is -0.495 e. The van der Waals surface area contributed by atoms with E-state index >= 15 is 0 Å². The SMILES string of the molecule is COc1c(C(=O)Nc2cccc(C(=O)O)c2C)cc2ccccc2c1Br. The van der Waals surface area contributed by atoms with Gasteiger partial charge in [-0.3, -0.25) is 4.79 Å². The maximum atomic E-state index is 12.9. The lowest BCUT2D eigenvalue weighted by atomic mass is 10.0. The quantitative estimate of drug-likeness (QED) is 0.639. The summed E-state index contributed by atoms with van der Waals surface area (Å²) in [5, 5.41) is 13.8. The first-order valence-electron chi connectivity index (χ1n) is 7.83. The minimum absolute atomic E-state index is 0.148. The summed E-state index contributed by atoms with van der Waals surface area (Å²) < 4.78 is 6.13. The van der Waals surface area contributed by atoms with Gasteiger partial charge in [-0.05, 0) is 57.4 Å². The van der Waals surface area contributed by atoms with Crippen LogP contribution in [-0.4, -0.2) is 24.1 Å². The number of methoxy groups -OCH3 is 1. The maximum absolute atomic E-state index is 12.9. The van der Waals surface area contributed by atoms with Gasteiger partial charge in [0.05, 0.1) is 22.7 Å². The largest absolute Gasteiger partial charge is 0.495 e. The van der Waals surface area contributed by atoms with Crippen LogP contribution in [0.25, 0.3) is 10.8 Å². The number of carbonyl (C=O) groups is 2. The van der Waals surface area contributed by atoms with Gasteiger partial charge in [-0.2, -0.15) is 0 Å². The predicted molar refractivity (Wildman–Crippen MR) is 104 cm³/mol. The molecule has 3 rings (SSSR count). The number of hydrogen-bond donors (Lipinski definition) is 2. The van der Waals surface area contributed by atoms with Gasteiger partial charge in [0.2, 0.25) is 0 Å². The molecule has 0 saturated carbocycles. The number of carboxylic acids is 1. The van der Waals surface area contributed by atoms with Crippen LogP contribution in [0, 0.1) is 6.92 Å². The molecule has 0 fully saturated rings. The molecule has 0 atom stereocenters. The van der Waals surface area contributed by atoms with Crippen LogP contribution in [0.4, 0.5) is 5.69 Å². The molecule has 0 spiro atoms. The average molecular weight is 414 g/mol. The Morgan fingerprint density at radius 3 is 2.50 bits per heavy atom. The van der Waals surface area contributed by atoms with Gasteiger partial charge >= 0.3 is 5.97 Å². The normalized spacial score (nSPS) is 10.6. The van der Waals surface area contributed by atoms with Crippen LogP contribution in [0.2, 0.25) is 0 Å². The van der Waals surface area contributed by atoms with Crippen molar-refractivity contribution in [3.05, 3.63) is 69.7 Å². The monoisotopic (exact) mass is 413 g/mol. The lowest BCUT2D eigenvalue weighted by Gasteiger charge is -2.15. The number of halogens is 1. The van der Waals surface area contributed by atoms with E-state index in [0.717, 1.165) is 10.8 Å². The number of amides is 1. The van der Waals surface area contributed by atoms with E-state index < -0.39 is 5.97 Å². The number of fused-ring (bicyclic) bond motifs is 1. The van der Waals surface area contributed by atoms with E-state index in [-0.39, 0.29) is 11.5 Å². The molecule has 0 aliphatic rings. The molecule has 6 heteroatoms. The molecule has 0 aliphatic heterocycles. The van der Waals surface area contributed by atoms with Crippen LogP contribution in [0.3, 0.4) is 0 Å². The molecular weight excluding hydrogens is 398 g/mol. The number of aromatic carboxylic acids is 1. The second-order valence-electron chi connectivity index (χ2n) is 5.73. The number of anilines is 1. The molecule has 0 unspecified atom stereocenters. The third-order valence-electron chi connectivity index (χ3n) is 4.20. The first-order chi connectivity index (χ1) is 12.4. The molecule has 0 saturated heterocycles. The van der Waals surface area contributed by atoms with Crippen LogP contribution < -0.4 is 10.1 Å². The van der Waals surface area contributed by atoms with Crippen molar-refractivity contribution in [3.8, 4) is 5.75 Å². The van der Waals surface area contributed by atoms with Crippen LogP contribution in [0.15, 0.2) is 53.0 Å². The summed E-state index contributed by atoms with van der Waals surface area (Å²) in [5.74, 6) is -0.989. The van der Waals surface area contributed by atoms with Gasteiger partial charge in [0.25, 0.3) is 5.91 Å². The highest BCUT2D eigenvalue weighted by Crippen LogP contribution is 2.37. The van der Waals surface area contributed by atoms with Crippen LogP contribution in [0.1, 0.15) is 26.3 Å². The molecule has 0 radical (unpaired) electrons. The molecule has 5 nitrogen and oxygen atoms in total. The summed E-state index contributed by atoms with van der Waals surface area (Å²) in [5.41, 5.74) is 1.45. The van der Waals surface area contributed by atoms with Gasteiger partial charge < -0.3 is 15.2 Å². The number of carbonyl (C=O) groups excluding carboxylic acids is 1. The lowest BCUT2D eigenvalue weighted by molar-refractivity contribution is 0.0695. The van der Waals surface area contributed by atoms with Crippen molar-refractivity contribution >= 4 is 44.3 Å². The second kappa shape index (κ2) is 7.17. The van der Waals surface area contributed by atoms with Crippen molar-refractivity contribution in [2.24, 2.45) is 0 Å².